The average Bonchev–Trinajstić information content (AvgIpc) is 1.64. The van der Waals surface area contributed by atoms with Gasteiger partial charge in [0.15, 0.2) is 0 Å². The molecule has 0 heterocycles. The summed E-state index contributed by atoms with van der Waals surface area (Å²) in [6.07, 6.45) is -0.955. The van der Waals surface area contributed by atoms with Gasteiger partial charge in [-0.25, -0.2) is 0 Å². The maximum Gasteiger partial charge on any atom is 0.384 e. The molecule has 0 unspecified atom stereocenters. The summed E-state index contributed by atoms with van der Waals surface area (Å²) in [6.45, 7) is 0.941. The quantitative estimate of drug-likeness (QED) is 0.435. The lowest BCUT2D eigenvalue weighted by Gasteiger charge is -2.18. The van der Waals surface area contributed by atoms with Crippen LogP contribution in [0.25, 0.3) is 0 Å². The molecule has 0 saturated carbocycles. The maximum absolute atomic E-state index is 11.8. The Morgan fingerprint density at radius 2 is 1.56 bits per heavy atom. The Balaban J connectivity index is 4.14. The molecule has 0 aromatic carbocycles. The molecule has 0 aromatic rings. The highest BCUT2D eigenvalue weighted by Gasteiger charge is 2.53. The molecular weight excluding hydrogens is 159 g/mol. The molecule has 0 aliphatic carbocycles. The number of halogens is 5. The SMILES string of the molecule is CCC(F)(F)C(F)(F)Cl. The molecule has 0 fully saturated rings. The zero-order valence-electron chi connectivity index (χ0n) is 4.60. The van der Waals surface area contributed by atoms with Crippen LogP contribution in [-0.4, -0.2) is 11.3 Å². The second kappa shape index (κ2) is 2.33. The lowest BCUT2D eigenvalue weighted by atomic mass is 10.3. The number of alkyl halides is 5. The van der Waals surface area contributed by atoms with Crippen molar-refractivity contribution < 1.29 is 17.6 Å². The molecular formula is C4H5ClF4. The van der Waals surface area contributed by atoms with E-state index in [1.807, 2.05) is 0 Å². The van der Waals surface area contributed by atoms with Crippen molar-refractivity contribution in [2.45, 2.75) is 24.6 Å². The molecule has 9 heavy (non-hydrogen) atoms. The second-order valence-electron chi connectivity index (χ2n) is 1.56. The predicted molar refractivity (Wildman–Crippen MR) is 26.0 cm³/mol. The lowest BCUT2D eigenvalue weighted by Crippen LogP contribution is -2.34. The van der Waals surface area contributed by atoms with Gasteiger partial charge in [0.1, 0.15) is 0 Å². The minimum atomic E-state index is -4.41. The molecule has 0 radical (unpaired) electrons. The highest BCUT2D eigenvalue weighted by Crippen LogP contribution is 2.39. The van der Waals surface area contributed by atoms with Crippen LogP contribution in [0.2, 0.25) is 0 Å². The molecule has 5 heteroatoms. The normalized spacial score (nSPS) is 14.0. The summed E-state index contributed by atoms with van der Waals surface area (Å²) in [6, 6.07) is 0. The molecule has 0 aliphatic heterocycles. The van der Waals surface area contributed by atoms with Gasteiger partial charge in [-0.15, -0.1) is 0 Å². The zero-order chi connectivity index (χ0) is 7.71. The molecule has 0 nitrogen and oxygen atoms in total. The van der Waals surface area contributed by atoms with Crippen LogP contribution in [0.15, 0.2) is 0 Å². The number of hydrogen-bond acceptors (Lipinski definition) is 0. The third kappa shape index (κ3) is 2.01. The summed E-state index contributed by atoms with van der Waals surface area (Å²) >= 11 is 4.04. The molecule has 56 valence electrons. The van der Waals surface area contributed by atoms with Crippen molar-refractivity contribution >= 4 is 11.6 Å². The first-order valence-electron chi connectivity index (χ1n) is 2.26. The highest BCUT2D eigenvalue weighted by molar-refractivity contribution is 6.22. The van der Waals surface area contributed by atoms with E-state index in [9.17, 15) is 17.6 Å². The summed E-state index contributed by atoms with van der Waals surface area (Å²) in [5.74, 6) is -4.09. The van der Waals surface area contributed by atoms with E-state index < -0.39 is 17.7 Å². The largest absolute Gasteiger partial charge is 0.384 e. The molecule has 0 aliphatic rings. The summed E-state index contributed by atoms with van der Waals surface area (Å²) in [4.78, 5) is 0. The van der Waals surface area contributed by atoms with E-state index in [0.29, 0.717) is 0 Å². The Labute approximate surface area is 54.8 Å². The second-order valence-corrected chi connectivity index (χ2v) is 2.03. The maximum atomic E-state index is 11.8. The Morgan fingerprint density at radius 3 is 1.56 bits per heavy atom. The van der Waals surface area contributed by atoms with Crippen LogP contribution in [0.5, 0.6) is 0 Å². The molecule has 0 amide bonds. The first-order chi connectivity index (χ1) is 3.81. The zero-order valence-corrected chi connectivity index (χ0v) is 5.35. The van der Waals surface area contributed by atoms with Crippen LogP contribution in [0, 0.1) is 0 Å². The smallest absolute Gasteiger partial charge is 0.198 e. The number of hydrogen-bond donors (Lipinski definition) is 0. The standard InChI is InChI=1S/C4H5ClF4/c1-2-3(6,7)4(5,8)9/h2H2,1H3. The van der Waals surface area contributed by atoms with Gasteiger partial charge >= 0.3 is 11.3 Å². The Morgan fingerprint density at radius 1 is 1.22 bits per heavy atom. The van der Waals surface area contributed by atoms with Crippen molar-refractivity contribution in [2.24, 2.45) is 0 Å². The van der Waals surface area contributed by atoms with Crippen molar-refractivity contribution in [3.63, 3.8) is 0 Å². The van der Waals surface area contributed by atoms with Crippen LogP contribution in [0.3, 0.4) is 0 Å². The molecule has 0 N–H and O–H groups in total. The summed E-state index contributed by atoms with van der Waals surface area (Å²) < 4.78 is 46.6. The summed E-state index contributed by atoms with van der Waals surface area (Å²) in [5, 5.41) is -4.41. The van der Waals surface area contributed by atoms with Crippen LogP contribution in [0.1, 0.15) is 13.3 Å². The topological polar surface area (TPSA) is 0 Å². The molecule has 0 rings (SSSR count). The fourth-order valence-corrected chi connectivity index (χ4v) is 0.334. The molecule has 0 spiro atoms. The Kier molecular flexibility index (Phi) is 2.33. The van der Waals surface area contributed by atoms with Crippen LogP contribution < -0.4 is 0 Å². The molecule has 0 atom stereocenters. The van der Waals surface area contributed by atoms with Crippen LogP contribution >= 0.6 is 11.6 Å². The van der Waals surface area contributed by atoms with Crippen LogP contribution in [-0.2, 0) is 0 Å². The molecule has 0 bridgehead atoms. The average molecular weight is 165 g/mol. The van der Waals surface area contributed by atoms with Gasteiger partial charge in [-0.1, -0.05) is 6.92 Å². The fraction of sp³-hybridized carbons (Fsp3) is 1.00. The Bertz CT molecular complexity index is 95.2. The Hall–Kier alpha value is 0.01000. The van der Waals surface area contributed by atoms with E-state index in [-0.39, 0.29) is 0 Å². The van der Waals surface area contributed by atoms with E-state index in [0.717, 1.165) is 6.92 Å². The van der Waals surface area contributed by atoms with Crippen molar-refractivity contribution in [1.29, 1.82) is 0 Å². The van der Waals surface area contributed by atoms with E-state index >= 15 is 0 Å². The van der Waals surface area contributed by atoms with Gasteiger partial charge in [0.05, 0.1) is 0 Å². The molecule has 0 saturated heterocycles. The fourth-order valence-electron chi connectivity index (χ4n) is 0.200. The van der Waals surface area contributed by atoms with Gasteiger partial charge < -0.3 is 0 Å². The van der Waals surface area contributed by atoms with Gasteiger partial charge in [0, 0.05) is 6.42 Å². The summed E-state index contributed by atoms with van der Waals surface area (Å²) in [7, 11) is 0. The first-order valence-corrected chi connectivity index (χ1v) is 2.63. The number of rotatable bonds is 2. The third-order valence-electron chi connectivity index (χ3n) is 0.859. The highest BCUT2D eigenvalue weighted by atomic mass is 35.5. The van der Waals surface area contributed by atoms with E-state index in [1.54, 1.807) is 0 Å². The van der Waals surface area contributed by atoms with Gasteiger partial charge in [0.2, 0.25) is 0 Å². The van der Waals surface area contributed by atoms with Crippen LogP contribution in [0.4, 0.5) is 17.6 Å². The van der Waals surface area contributed by atoms with Gasteiger partial charge in [0.25, 0.3) is 0 Å². The minimum absolute atomic E-state index is 0.941. The van der Waals surface area contributed by atoms with Crippen molar-refractivity contribution in [2.75, 3.05) is 0 Å². The summed E-state index contributed by atoms with van der Waals surface area (Å²) in [5.41, 5.74) is 0. The van der Waals surface area contributed by atoms with Gasteiger partial charge in [-0.05, 0) is 11.6 Å². The lowest BCUT2D eigenvalue weighted by molar-refractivity contribution is -0.158. The predicted octanol–water partition coefficient (Wildman–Crippen LogP) is 2.86. The first kappa shape index (κ1) is 9.01. The van der Waals surface area contributed by atoms with Gasteiger partial charge in [-0.3, -0.25) is 0 Å². The van der Waals surface area contributed by atoms with Gasteiger partial charge in [-0.2, -0.15) is 17.6 Å². The molecule has 0 aromatic heterocycles. The van der Waals surface area contributed by atoms with Crippen molar-refractivity contribution in [3.8, 4) is 0 Å². The third-order valence-corrected chi connectivity index (χ3v) is 1.14. The van der Waals surface area contributed by atoms with Crippen molar-refractivity contribution in [1.82, 2.24) is 0 Å². The van der Waals surface area contributed by atoms with Crippen molar-refractivity contribution in [3.05, 3.63) is 0 Å². The van der Waals surface area contributed by atoms with E-state index in [4.69, 9.17) is 0 Å². The monoisotopic (exact) mass is 164 g/mol. The van der Waals surface area contributed by atoms with E-state index in [2.05, 4.69) is 11.6 Å². The van der Waals surface area contributed by atoms with E-state index in [1.165, 1.54) is 0 Å². The minimum Gasteiger partial charge on any atom is -0.198 e.